The number of hydrogen-bond acceptors (Lipinski definition) is 3. The lowest BCUT2D eigenvalue weighted by atomic mass is 10.1. The number of rotatable bonds is 6. The summed E-state index contributed by atoms with van der Waals surface area (Å²) in [5.41, 5.74) is 0.597. The molecule has 1 aromatic rings. The van der Waals surface area contributed by atoms with Gasteiger partial charge in [-0.25, -0.2) is 0 Å². The fourth-order valence-corrected chi connectivity index (χ4v) is 1.58. The molecule has 0 saturated carbocycles. The second-order valence-corrected chi connectivity index (χ2v) is 3.95. The maximum Gasteiger partial charge on any atom is 0.307 e. The Kier molecular flexibility index (Phi) is 5.91. The number of nitrogens with one attached hydrogen (secondary N) is 1. The quantitative estimate of drug-likeness (QED) is 0.786. The lowest BCUT2D eigenvalue weighted by molar-refractivity contribution is -0.143. The van der Waals surface area contributed by atoms with Gasteiger partial charge in [0, 0.05) is 11.6 Å². The van der Waals surface area contributed by atoms with Crippen molar-refractivity contribution in [3.05, 3.63) is 35.9 Å². The minimum Gasteiger partial charge on any atom is -0.466 e. The van der Waals surface area contributed by atoms with E-state index < -0.39 is 0 Å². The Morgan fingerprint density at radius 1 is 1.22 bits per heavy atom. The van der Waals surface area contributed by atoms with Crippen LogP contribution in [0.5, 0.6) is 0 Å². The highest BCUT2D eigenvalue weighted by Gasteiger charge is 2.16. The Balaban J connectivity index is 2.53. The predicted octanol–water partition coefficient (Wildman–Crippen LogP) is 2.15. The fourth-order valence-electron chi connectivity index (χ4n) is 1.58. The van der Waals surface area contributed by atoms with E-state index in [2.05, 4.69) is 5.32 Å². The number of amides is 1. The number of ether oxygens (including phenoxy) is 1. The standard InChI is InChI=1S/C14H19NO3/c1-3-12(10-13(16)18-4-2)15-14(17)11-8-6-5-7-9-11/h5-9,12H,3-4,10H2,1-2H3,(H,15,17). The van der Waals surface area contributed by atoms with E-state index in [1.807, 2.05) is 13.0 Å². The highest BCUT2D eigenvalue weighted by molar-refractivity contribution is 5.94. The maximum absolute atomic E-state index is 11.9. The lowest BCUT2D eigenvalue weighted by Gasteiger charge is -2.16. The molecule has 0 heterocycles. The summed E-state index contributed by atoms with van der Waals surface area (Å²) in [7, 11) is 0. The van der Waals surface area contributed by atoms with E-state index in [4.69, 9.17) is 4.74 Å². The minimum atomic E-state index is -0.280. The van der Waals surface area contributed by atoms with Gasteiger partial charge in [-0.15, -0.1) is 0 Å². The summed E-state index contributed by atoms with van der Waals surface area (Å²) in [6, 6.07) is 8.77. The Hall–Kier alpha value is -1.84. The van der Waals surface area contributed by atoms with Crippen LogP contribution in [0, 0.1) is 0 Å². The van der Waals surface area contributed by atoms with E-state index in [9.17, 15) is 9.59 Å². The largest absolute Gasteiger partial charge is 0.466 e. The van der Waals surface area contributed by atoms with Crippen molar-refractivity contribution < 1.29 is 14.3 Å². The molecule has 0 spiro atoms. The van der Waals surface area contributed by atoms with Gasteiger partial charge >= 0.3 is 5.97 Å². The van der Waals surface area contributed by atoms with Gasteiger partial charge in [-0.3, -0.25) is 9.59 Å². The van der Waals surface area contributed by atoms with Crippen molar-refractivity contribution >= 4 is 11.9 Å². The molecule has 4 nitrogen and oxygen atoms in total. The van der Waals surface area contributed by atoms with Crippen LogP contribution in [0.1, 0.15) is 37.0 Å². The SMILES string of the molecule is CCOC(=O)CC(CC)NC(=O)c1ccccc1. The van der Waals surface area contributed by atoms with Gasteiger partial charge in [-0.1, -0.05) is 25.1 Å². The van der Waals surface area contributed by atoms with E-state index in [0.29, 0.717) is 18.6 Å². The summed E-state index contributed by atoms with van der Waals surface area (Å²) >= 11 is 0. The summed E-state index contributed by atoms with van der Waals surface area (Å²) in [5, 5.41) is 2.83. The monoisotopic (exact) mass is 249 g/mol. The Bertz CT molecular complexity index is 389. The molecule has 0 bridgehead atoms. The van der Waals surface area contributed by atoms with Crippen LogP contribution in [0.2, 0.25) is 0 Å². The second kappa shape index (κ2) is 7.48. The van der Waals surface area contributed by atoms with Crippen LogP contribution in [0.25, 0.3) is 0 Å². The van der Waals surface area contributed by atoms with Crippen LogP contribution in [0.3, 0.4) is 0 Å². The smallest absolute Gasteiger partial charge is 0.307 e. The zero-order chi connectivity index (χ0) is 13.4. The van der Waals surface area contributed by atoms with Gasteiger partial charge in [0.25, 0.3) is 5.91 Å². The molecule has 0 aliphatic heterocycles. The van der Waals surface area contributed by atoms with Crippen molar-refractivity contribution in [2.24, 2.45) is 0 Å². The minimum absolute atomic E-state index is 0.160. The van der Waals surface area contributed by atoms with E-state index >= 15 is 0 Å². The average Bonchev–Trinajstić information content (AvgIpc) is 2.39. The number of esters is 1. The van der Waals surface area contributed by atoms with Gasteiger partial charge < -0.3 is 10.1 Å². The normalized spacial score (nSPS) is 11.7. The first kappa shape index (κ1) is 14.2. The van der Waals surface area contributed by atoms with Crippen LogP contribution in [-0.2, 0) is 9.53 Å². The Morgan fingerprint density at radius 2 is 1.89 bits per heavy atom. The predicted molar refractivity (Wildman–Crippen MR) is 69.2 cm³/mol. The van der Waals surface area contributed by atoms with Crippen molar-refractivity contribution in [2.45, 2.75) is 32.7 Å². The lowest BCUT2D eigenvalue weighted by Crippen LogP contribution is -2.36. The molecule has 98 valence electrons. The van der Waals surface area contributed by atoms with E-state index in [0.717, 1.165) is 0 Å². The fraction of sp³-hybridized carbons (Fsp3) is 0.429. The molecule has 0 saturated heterocycles. The number of carbonyl (C=O) groups is 2. The van der Waals surface area contributed by atoms with Crippen LogP contribution in [0.4, 0.5) is 0 Å². The third-order valence-corrected chi connectivity index (χ3v) is 2.58. The molecule has 0 aromatic heterocycles. The Labute approximate surface area is 107 Å². The third-order valence-electron chi connectivity index (χ3n) is 2.58. The van der Waals surface area contributed by atoms with Crippen molar-refractivity contribution in [3.8, 4) is 0 Å². The zero-order valence-corrected chi connectivity index (χ0v) is 10.8. The molecule has 1 atom stereocenters. The molecule has 1 amide bonds. The first-order valence-electron chi connectivity index (χ1n) is 6.18. The average molecular weight is 249 g/mol. The molecule has 4 heteroatoms. The van der Waals surface area contributed by atoms with Crippen LogP contribution < -0.4 is 5.32 Å². The number of carbonyl (C=O) groups excluding carboxylic acids is 2. The van der Waals surface area contributed by atoms with Gasteiger partial charge in [0.15, 0.2) is 0 Å². The Morgan fingerprint density at radius 3 is 2.44 bits per heavy atom. The van der Waals surface area contributed by atoms with Crippen molar-refractivity contribution in [1.82, 2.24) is 5.32 Å². The molecule has 1 aromatic carbocycles. The molecule has 1 unspecified atom stereocenters. The van der Waals surface area contributed by atoms with Crippen LogP contribution in [-0.4, -0.2) is 24.5 Å². The first-order chi connectivity index (χ1) is 8.67. The third kappa shape index (κ3) is 4.57. The molecule has 0 aliphatic rings. The highest BCUT2D eigenvalue weighted by Crippen LogP contribution is 2.04. The van der Waals surface area contributed by atoms with Gasteiger partial charge in [-0.05, 0) is 25.5 Å². The second-order valence-electron chi connectivity index (χ2n) is 3.95. The molecule has 0 radical (unpaired) electrons. The zero-order valence-electron chi connectivity index (χ0n) is 10.8. The molecule has 1 rings (SSSR count). The van der Waals surface area contributed by atoms with Gasteiger partial charge in [0.1, 0.15) is 0 Å². The highest BCUT2D eigenvalue weighted by atomic mass is 16.5. The van der Waals surface area contributed by atoms with Crippen molar-refractivity contribution in [2.75, 3.05) is 6.61 Å². The molecular weight excluding hydrogens is 230 g/mol. The first-order valence-corrected chi connectivity index (χ1v) is 6.18. The summed E-state index contributed by atoms with van der Waals surface area (Å²) in [6.07, 6.45) is 0.903. The summed E-state index contributed by atoms with van der Waals surface area (Å²) in [6.45, 7) is 4.05. The molecule has 0 aliphatic carbocycles. The summed E-state index contributed by atoms with van der Waals surface area (Å²) in [4.78, 5) is 23.2. The van der Waals surface area contributed by atoms with Crippen LogP contribution >= 0.6 is 0 Å². The van der Waals surface area contributed by atoms with Gasteiger partial charge in [0.2, 0.25) is 0 Å². The van der Waals surface area contributed by atoms with Crippen molar-refractivity contribution in [1.29, 1.82) is 0 Å². The van der Waals surface area contributed by atoms with E-state index in [1.54, 1.807) is 31.2 Å². The number of hydrogen-bond donors (Lipinski definition) is 1. The van der Waals surface area contributed by atoms with Crippen molar-refractivity contribution in [3.63, 3.8) is 0 Å². The molecule has 0 fully saturated rings. The molecule has 1 N–H and O–H groups in total. The van der Waals surface area contributed by atoms with E-state index in [1.165, 1.54) is 0 Å². The molecule has 18 heavy (non-hydrogen) atoms. The summed E-state index contributed by atoms with van der Waals surface area (Å²) in [5.74, 6) is -0.440. The topological polar surface area (TPSA) is 55.4 Å². The summed E-state index contributed by atoms with van der Waals surface area (Å²) < 4.78 is 4.87. The molecular formula is C14H19NO3. The maximum atomic E-state index is 11.9. The van der Waals surface area contributed by atoms with Gasteiger partial charge in [0.05, 0.1) is 13.0 Å². The van der Waals surface area contributed by atoms with Crippen LogP contribution in [0.15, 0.2) is 30.3 Å². The number of benzene rings is 1. The van der Waals surface area contributed by atoms with E-state index in [-0.39, 0.29) is 24.3 Å². The van der Waals surface area contributed by atoms with Gasteiger partial charge in [-0.2, -0.15) is 0 Å².